The maximum absolute atomic E-state index is 11.9. The molecule has 21 heavy (non-hydrogen) atoms. The summed E-state index contributed by atoms with van der Waals surface area (Å²) in [5.74, 6) is 0.434. The molecule has 2 rings (SSSR count). The Morgan fingerprint density at radius 2 is 2.29 bits per heavy atom. The third-order valence-electron chi connectivity index (χ3n) is 2.62. The van der Waals surface area contributed by atoms with Gasteiger partial charge in [-0.05, 0) is 19.4 Å². The van der Waals surface area contributed by atoms with Crippen molar-refractivity contribution in [1.82, 2.24) is 25.3 Å². The molecule has 8 heteroatoms. The predicted molar refractivity (Wildman–Crippen MR) is 82.0 cm³/mol. The minimum Gasteiger partial charge on any atom is -0.311 e. The van der Waals surface area contributed by atoms with Crippen LogP contribution in [0, 0.1) is 12.8 Å². The lowest BCUT2D eigenvalue weighted by Gasteiger charge is -2.04. The standard InChI is InChI=1S/C13H20N6OS/c1-9(2)4-14-5-11-6-19(18-17-11)7-12(20)16-13-15-10(3)8-21-13/h6,8-9,14H,4-5,7H2,1-3H3,(H,15,16,20). The van der Waals surface area contributed by atoms with E-state index in [1.165, 1.54) is 16.0 Å². The molecule has 2 N–H and O–H groups in total. The zero-order valence-corrected chi connectivity index (χ0v) is 13.3. The summed E-state index contributed by atoms with van der Waals surface area (Å²) < 4.78 is 1.53. The van der Waals surface area contributed by atoms with Crippen molar-refractivity contribution in [2.24, 2.45) is 5.92 Å². The van der Waals surface area contributed by atoms with Gasteiger partial charge in [-0.15, -0.1) is 16.4 Å². The van der Waals surface area contributed by atoms with Crippen LogP contribution in [0.1, 0.15) is 25.2 Å². The molecule has 0 aliphatic rings. The molecule has 0 bridgehead atoms. The number of carbonyl (C=O) groups is 1. The maximum atomic E-state index is 11.9. The second kappa shape index (κ2) is 7.28. The molecule has 7 nitrogen and oxygen atoms in total. The second-order valence-corrected chi connectivity index (χ2v) is 6.13. The van der Waals surface area contributed by atoms with Crippen molar-refractivity contribution in [2.45, 2.75) is 33.9 Å². The average Bonchev–Trinajstić information content (AvgIpc) is 2.98. The lowest BCUT2D eigenvalue weighted by molar-refractivity contribution is -0.116. The lowest BCUT2D eigenvalue weighted by Crippen LogP contribution is -2.19. The molecule has 2 aromatic rings. The van der Waals surface area contributed by atoms with E-state index in [0.29, 0.717) is 17.6 Å². The first-order valence-corrected chi connectivity index (χ1v) is 7.72. The van der Waals surface area contributed by atoms with Gasteiger partial charge < -0.3 is 10.6 Å². The Morgan fingerprint density at radius 3 is 2.95 bits per heavy atom. The van der Waals surface area contributed by atoms with E-state index in [4.69, 9.17) is 0 Å². The Bertz CT molecular complexity index is 591. The number of nitrogens with one attached hydrogen (secondary N) is 2. The van der Waals surface area contributed by atoms with Crippen LogP contribution in [0.25, 0.3) is 0 Å². The molecule has 0 saturated carbocycles. The number of anilines is 1. The summed E-state index contributed by atoms with van der Waals surface area (Å²) in [6.45, 7) is 7.90. The van der Waals surface area contributed by atoms with E-state index in [1.54, 1.807) is 6.20 Å². The fourth-order valence-corrected chi connectivity index (χ4v) is 2.41. The van der Waals surface area contributed by atoms with Gasteiger partial charge in [-0.2, -0.15) is 0 Å². The zero-order valence-electron chi connectivity index (χ0n) is 12.5. The summed E-state index contributed by atoms with van der Waals surface area (Å²) >= 11 is 1.41. The molecule has 0 radical (unpaired) electrons. The van der Waals surface area contributed by atoms with Crippen LogP contribution in [-0.4, -0.2) is 32.4 Å². The van der Waals surface area contributed by atoms with Crippen LogP contribution in [0.2, 0.25) is 0 Å². The molecular weight excluding hydrogens is 288 g/mol. The second-order valence-electron chi connectivity index (χ2n) is 5.27. The van der Waals surface area contributed by atoms with Crippen LogP contribution >= 0.6 is 11.3 Å². The molecule has 2 aromatic heterocycles. The van der Waals surface area contributed by atoms with Crippen molar-refractivity contribution >= 4 is 22.4 Å². The number of nitrogens with zero attached hydrogens (tertiary/aromatic N) is 4. The molecule has 0 atom stereocenters. The van der Waals surface area contributed by atoms with E-state index >= 15 is 0 Å². The van der Waals surface area contributed by atoms with E-state index in [0.717, 1.165) is 17.9 Å². The van der Waals surface area contributed by atoms with Crippen molar-refractivity contribution in [3.8, 4) is 0 Å². The minimum atomic E-state index is -0.157. The summed E-state index contributed by atoms with van der Waals surface area (Å²) in [6, 6.07) is 0. The van der Waals surface area contributed by atoms with Gasteiger partial charge in [-0.1, -0.05) is 19.1 Å². The topological polar surface area (TPSA) is 84.7 Å². The Morgan fingerprint density at radius 1 is 1.48 bits per heavy atom. The van der Waals surface area contributed by atoms with Crippen molar-refractivity contribution in [1.29, 1.82) is 0 Å². The number of rotatable bonds is 7. The number of aromatic nitrogens is 4. The highest BCUT2D eigenvalue weighted by molar-refractivity contribution is 7.13. The number of hydrogen-bond donors (Lipinski definition) is 2. The normalized spacial score (nSPS) is 11.0. The van der Waals surface area contributed by atoms with Gasteiger partial charge in [0.1, 0.15) is 6.54 Å². The van der Waals surface area contributed by atoms with Crippen molar-refractivity contribution in [2.75, 3.05) is 11.9 Å². The lowest BCUT2D eigenvalue weighted by atomic mass is 10.2. The first-order chi connectivity index (χ1) is 10.0. The maximum Gasteiger partial charge on any atom is 0.247 e. The van der Waals surface area contributed by atoms with Gasteiger partial charge in [0.2, 0.25) is 5.91 Å². The Hall–Kier alpha value is -1.80. The van der Waals surface area contributed by atoms with Gasteiger partial charge in [-0.25, -0.2) is 9.67 Å². The van der Waals surface area contributed by atoms with E-state index < -0.39 is 0 Å². The van der Waals surface area contributed by atoms with E-state index in [-0.39, 0.29) is 12.5 Å². The SMILES string of the molecule is Cc1csc(NC(=O)Cn2cc(CNCC(C)C)nn2)n1. The monoisotopic (exact) mass is 308 g/mol. The average molecular weight is 308 g/mol. The van der Waals surface area contributed by atoms with Crippen LogP contribution in [0.15, 0.2) is 11.6 Å². The van der Waals surface area contributed by atoms with Crippen molar-refractivity contribution in [3.05, 3.63) is 23.0 Å². The minimum absolute atomic E-state index is 0.135. The fourth-order valence-electron chi connectivity index (χ4n) is 1.70. The molecule has 0 fully saturated rings. The largest absolute Gasteiger partial charge is 0.311 e. The van der Waals surface area contributed by atoms with Crippen LogP contribution in [0.4, 0.5) is 5.13 Å². The molecule has 0 unspecified atom stereocenters. The van der Waals surface area contributed by atoms with Gasteiger partial charge in [0.05, 0.1) is 17.6 Å². The number of aryl methyl sites for hydroxylation is 1. The summed E-state index contributed by atoms with van der Waals surface area (Å²) in [6.07, 6.45) is 1.78. The molecule has 114 valence electrons. The Balaban J connectivity index is 1.80. The Kier molecular flexibility index (Phi) is 5.40. The third kappa shape index (κ3) is 5.24. The zero-order chi connectivity index (χ0) is 15.2. The first-order valence-electron chi connectivity index (χ1n) is 6.84. The van der Waals surface area contributed by atoms with Crippen molar-refractivity contribution in [3.63, 3.8) is 0 Å². The third-order valence-corrected chi connectivity index (χ3v) is 3.49. The van der Waals surface area contributed by atoms with Gasteiger partial charge in [-0.3, -0.25) is 4.79 Å². The molecule has 0 aliphatic heterocycles. The highest BCUT2D eigenvalue weighted by atomic mass is 32.1. The van der Waals surface area contributed by atoms with Gasteiger partial charge in [0, 0.05) is 11.9 Å². The molecular formula is C13H20N6OS. The predicted octanol–water partition coefficient (Wildman–Crippen LogP) is 1.43. The molecule has 0 aromatic carbocycles. The Labute approximate surface area is 127 Å². The number of amides is 1. The van der Waals surface area contributed by atoms with Gasteiger partial charge in [0.25, 0.3) is 0 Å². The molecule has 0 saturated heterocycles. The van der Waals surface area contributed by atoms with Crippen LogP contribution < -0.4 is 10.6 Å². The van der Waals surface area contributed by atoms with E-state index in [1.807, 2.05) is 12.3 Å². The smallest absolute Gasteiger partial charge is 0.247 e. The molecule has 0 spiro atoms. The summed E-state index contributed by atoms with van der Waals surface area (Å²) in [4.78, 5) is 16.0. The van der Waals surface area contributed by atoms with Gasteiger partial charge >= 0.3 is 0 Å². The van der Waals surface area contributed by atoms with Crippen LogP contribution in [-0.2, 0) is 17.9 Å². The highest BCUT2D eigenvalue weighted by Crippen LogP contribution is 2.14. The van der Waals surface area contributed by atoms with E-state index in [9.17, 15) is 4.79 Å². The number of hydrogen-bond acceptors (Lipinski definition) is 6. The summed E-state index contributed by atoms with van der Waals surface area (Å²) in [5, 5.41) is 16.5. The van der Waals surface area contributed by atoms with Crippen LogP contribution in [0.5, 0.6) is 0 Å². The summed E-state index contributed by atoms with van der Waals surface area (Å²) in [7, 11) is 0. The summed E-state index contributed by atoms with van der Waals surface area (Å²) in [5.41, 5.74) is 1.73. The van der Waals surface area contributed by atoms with Crippen LogP contribution in [0.3, 0.4) is 0 Å². The van der Waals surface area contributed by atoms with E-state index in [2.05, 4.69) is 39.8 Å². The number of carbonyl (C=O) groups excluding carboxylic acids is 1. The molecule has 0 aliphatic carbocycles. The number of thiazole rings is 1. The fraction of sp³-hybridized carbons (Fsp3) is 0.538. The quantitative estimate of drug-likeness (QED) is 0.808. The van der Waals surface area contributed by atoms with Gasteiger partial charge in [0.15, 0.2) is 5.13 Å². The molecule has 2 heterocycles. The highest BCUT2D eigenvalue weighted by Gasteiger charge is 2.08. The van der Waals surface area contributed by atoms with Crippen molar-refractivity contribution < 1.29 is 4.79 Å². The molecule has 1 amide bonds. The first kappa shape index (κ1) is 15.6.